The summed E-state index contributed by atoms with van der Waals surface area (Å²) < 4.78 is 0. The summed E-state index contributed by atoms with van der Waals surface area (Å²) in [6.07, 6.45) is 5.58. The summed E-state index contributed by atoms with van der Waals surface area (Å²) >= 11 is 0. The lowest BCUT2D eigenvalue weighted by Gasteiger charge is -2.25. The van der Waals surface area contributed by atoms with Gasteiger partial charge in [-0.2, -0.15) is 0 Å². The van der Waals surface area contributed by atoms with Crippen LogP contribution in [0.15, 0.2) is 0 Å². The molecule has 0 spiro atoms. The Morgan fingerprint density at radius 3 is 2.87 bits per heavy atom. The molecule has 1 unspecified atom stereocenters. The van der Waals surface area contributed by atoms with Crippen LogP contribution in [0.1, 0.15) is 39.5 Å². The second-order valence-electron chi connectivity index (χ2n) is 6.18. The van der Waals surface area contributed by atoms with E-state index in [-0.39, 0.29) is 0 Å². The molecule has 0 saturated carbocycles. The fourth-order valence-electron chi connectivity index (χ4n) is 2.90. The van der Waals surface area contributed by atoms with Crippen LogP contribution in [-0.4, -0.2) is 37.6 Å². The Morgan fingerprint density at radius 2 is 2.13 bits per heavy atom. The molecule has 88 valence electrons. The molecule has 1 atom stereocenters. The van der Waals surface area contributed by atoms with Crippen molar-refractivity contribution in [3.63, 3.8) is 0 Å². The van der Waals surface area contributed by atoms with Gasteiger partial charge in [0.25, 0.3) is 0 Å². The molecule has 0 bridgehead atoms. The zero-order chi connectivity index (χ0) is 10.7. The highest BCUT2D eigenvalue weighted by Crippen LogP contribution is 2.30. The van der Waals surface area contributed by atoms with Crippen LogP contribution in [0.4, 0.5) is 0 Å². The fraction of sp³-hybridized carbons (Fsp3) is 1.00. The van der Waals surface area contributed by atoms with E-state index in [1.165, 1.54) is 58.4 Å². The highest BCUT2D eigenvalue weighted by Gasteiger charge is 2.25. The lowest BCUT2D eigenvalue weighted by atomic mass is 9.85. The summed E-state index contributed by atoms with van der Waals surface area (Å²) in [6, 6.07) is 0. The van der Waals surface area contributed by atoms with E-state index >= 15 is 0 Å². The largest absolute Gasteiger partial charge is 0.316 e. The Hall–Kier alpha value is -0.0800. The minimum absolute atomic E-state index is 0.586. The van der Waals surface area contributed by atoms with Crippen LogP contribution in [-0.2, 0) is 0 Å². The standard InChI is InChI=1S/C13H26N2/c1-13(2)5-3-8-15(9-6-13)11-12-4-7-14-10-12/h12,14H,3-11H2,1-2H3. The highest BCUT2D eigenvalue weighted by atomic mass is 15.1. The molecule has 0 amide bonds. The molecule has 1 N–H and O–H groups in total. The minimum atomic E-state index is 0.586. The van der Waals surface area contributed by atoms with Gasteiger partial charge in [0.1, 0.15) is 0 Å². The number of nitrogens with zero attached hydrogens (tertiary/aromatic N) is 1. The quantitative estimate of drug-likeness (QED) is 0.751. The van der Waals surface area contributed by atoms with Gasteiger partial charge < -0.3 is 10.2 Å². The number of hydrogen-bond donors (Lipinski definition) is 1. The van der Waals surface area contributed by atoms with Gasteiger partial charge in [0.2, 0.25) is 0 Å². The molecule has 2 heteroatoms. The van der Waals surface area contributed by atoms with Gasteiger partial charge in [0, 0.05) is 6.54 Å². The van der Waals surface area contributed by atoms with Gasteiger partial charge in [-0.25, -0.2) is 0 Å². The average molecular weight is 210 g/mol. The molecular formula is C13H26N2. The first-order valence-electron chi connectivity index (χ1n) is 6.59. The lowest BCUT2D eigenvalue weighted by Crippen LogP contribution is -2.31. The van der Waals surface area contributed by atoms with Crippen molar-refractivity contribution >= 4 is 0 Å². The first-order chi connectivity index (χ1) is 7.16. The third-order valence-electron chi connectivity index (χ3n) is 4.11. The van der Waals surface area contributed by atoms with Crippen LogP contribution in [0.25, 0.3) is 0 Å². The maximum absolute atomic E-state index is 3.47. The van der Waals surface area contributed by atoms with Crippen molar-refractivity contribution in [2.45, 2.75) is 39.5 Å². The predicted molar refractivity (Wildman–Crippen MR) is 65.0 cm³/mol. The first-order valence-corrected chi connectivity index (χ1v) is 6.59. The second-order valence-corrected chi connectivity index (χ2v) is 6.18. The third-order valence-corrected chi connectivity index (χ3v) is 4.11. The number of nitrogens with one attached hydrogen (secondary N) is 1. The Bertz CT molecular complexity index is 195. The molecule has 2 aliphatic rings. The normalized spacial score (nSPS) is 32.8. The molecule has 0 aromatic carbocycles. The molecule has 0 aromatic rings. The molecule has 0 radical (unpaired) electrons. The maximum atomic E-state index is 3.47. The zero-order valence-corrected chi connectivity index (χ0v) is 10.4. The summed E-state index contributed by atoms with van der Waals surface area (Å²) in [7, 11) is 0. The molecule has 2 saturated heterocycles. The number of hydrogen-bond acceptors (Lipinski definition) is 2. The van der Waals surface area contributed by atoms with Crippen LogP contribution in [0.5, 0.6) is 0 Å². The van der Waals surface area contributed by atoms with E-state index in [4.69, 9.17) is 0 Å². The average Bonchev–Trinajstić information content (AvgIpc) is 2.60. The van der Waals surface area contributed by atoms with E-state index < -0.39 is 0 Å². The Kier molecular flexibility index (Phi) is 3.68. The molecule has 0 aliphatic carbocycles. The van der Waals surface area contributed by atoms with Crippen molar-refractivity contribution in [1.29, 1.82) is 0 Å². The predicted octanol–water partition coefficient (Wildman–Crippen LogP) is 2.11. The minimum Gasteiger partial charge on any atom is -0.316 e. The molecular weight excluding hydrogens is 184 g/mol. The molecule has 2 aliphatic heterocycles. The van der Waals surface area contributed by atoms with E-state index in [1.54, 1.807) is 0 Å². The zero-order valence-electron chi connectivity index (χ0n) is 10.4. The van der Waals surface area contributed by atoms with Gasteiger partial charge in [-0.3, -0.25) is 0 Å². The van der Waals surface area contributed by atoms with Crippen LogP contribution in [0, 0.1) is 11.3 Å². The van der Waals surface area contributed by atoms with E-state index in [0.717, 1.165) is 5.92 Å². The highest BCUT2D eigenvalue weighted by molar-refractivity contribution is 4.80. The third kappa shape index (κ3) is 3.46. The van der Waals surface area contributed by atoms with Gasteiger partial charge in [0.05, 0.1) is 0 Å². The summed E-state index contributed by atoms with van der Waals surface area (Å²) in [4.78, 5) is 2.70. The van der Waals surface area contributed by atoms with Gasteiger partial charge in [0.15, 0.2) is 0 Å². The van der Waals surface area contributed by atoms with Crippen LogP contribution in [0.2, 0.25) is 0 Å². The Balaban J connectivity index is 1.78. The fourth-order valence-corrected chi connectivity index (χ4v) is 2.90. The summed E-state index contributed by atoms with van der Waals surface area (Å²) in [5.74, 6) is 0.922. The van der Waals surface area contributed by atoms with Crippen molar-refractivity contribution in [3.05, 3.63) is 0 Å². The molecule has 15 heavy (non-hydrogen) atoms. The number of rotatable bonds is 2. The molecule has 0 aromatic heterocycles. The number of likely N-dealkylation sites (tertiary alicyclic amines) is 1. The topological polar surface area (TPSA) is 15.3 Å². The Morgan fingerprint density at radius 1 is 1.27 bits per heavy atom. The SMILES string of the molecule is CC1(C)CCCN(CC2CCNC2)CC1. The molecule has 2 heterocycles. The second kappa shape index (κ2) is 4.84. The summed E-state index contributed by atoms with van der Waals surface area (Å²) in [5.41, 5.74) is 0.586. The van der Waals surface area contributed by atoms with E-state index in [0.29, 0.717) is 5.41 Å². The van der Waals surface area contributed by atoms with Crippen LogP contribution in [0.3, 0.4) is 0 Å². The maximum Gasteiger partial charge on any atom is 0.00223 e. The van der Waals surface area contributed by atoms with Crippen molar-refractivity contribution < 1.29 is 0 Å². The van der Waals surface area contributed by atoms with E-state index in [1.807, 2.05) is 0 Å². The molecule has 2 nitrogen and oxygen atoms in total. The van der Waals surface area contributed by atoms with Crippen LogP contribution >= 0.6 is 0 Å². The first kappa shape index (κ1) is 11.4. The van der Waals surface area contributed by atoms with Crippen molar-refractivity contribution in [2.24, 2.45) is 11.3 Å². The molecule has 2 rings (SSSR count). The van der Waals surface area contributed by atoms with Crippen molar-refractivity contribution in [1.82, 2.24) is 10.2 Å². The monoisotopic (exact) mass is 210 g/mol. The van der Waals surface area contributed by atoms with E-state index in [9.17, 15) is 0 Å². The Labute approximate surface area is 94.4 Å². The van der Waals surface area contributed by atoms with Crippen LogP contribution < -0.4 is 5.32 Å². The summed E-state index contributed by atoms with van der Waals surface area (Å²) in [5, 5.41) is 3.47. The van der Waals surface area contributed by atoms with Crippen molar-refractivity contribution in [2.75, 3.05) is 32.7 Å². The van der Waals surface area contributed by atoms with Gasteiger partial charge >= 0.3 is 0 Å². The smallest absolute Gasteiger partial charge is 0.00223 e. The van der Waals surface area contributed by atoms with E-state index in [2.05, 4.69) is 24.1 Å². The van der Waals surface area contributed by atoms with Gasteiger partial charge in [-0.05, 0) is 63.2 Å². The van der Waals surface area contributed by atoms with Gasteiger partial charge in [-0.15, -0.1) is 0 Å². The van der Waals surface area contributed by atoms with Crippen molar-refractivity contribution in [3.8, 4) is 0 Å². The van der Waals surface area contributed by atoms with Gasteiger partial charge in [-0.1, -0.05) is 13.8 Å². The summed E-state index contributed by atoms with van der Waals surface area (Å²) in [6.45, 7) is 11.3. The molecule has 2 fully saturated rings. The lowest BCUT2D eigenvalue weighted by molar-refractivity contribution is 0.232.